The molecule has 2 aromatic carbocycles. The first-order chi connectivity index (χ1) is 15.4. The van der Waals surface area contributed by atoms with Crippen molar-refractivity contribution in [2.45, 2.75) is 38.1 Å². The topological polar surface area (TPSA) is 73.2 Å². The number of nitrogens with zero attached hydrogens (tertiary/aromatic N) is 2. The van der Waals surface area contributed by atoms with Crippen LogP contribution in [0.3, 0.4) is 0 Å². The quantitative estimate of drug-likeness (QED) is 0.548. The van der Waals surface area contributed by atoms with Crippen molar-refractivity contribution in [1.29, 1.82) is 0 Å². The van der Waals surface area contributed by atoms with Gasteiger partial charge < -0.3 is 10.1 Å². The number of carbonyl (C=O) groups excluding carboxylic acids is 2. The molecule has 0 unspecified atom stereocenters. The predicted octanol–water partition coefficient (Wildman–Crippen LogP) is 4.52. The summed E-state index contributed by atoms with van der Waals surface area (Å²) in [6.07, 6.45) is 6.50. The Kier molecular flexibility index (Phi) is 5.05. The van der Waals surface area contributed by atoms with E-state index in [9.17, 15) is 9.59 Å². The van der Waals surface area contributed by atoms with Crippen molar-refractivity contribution >= 4 is 23.3 Å². The van der Waals surface area contributed by atoms with Crippen LogP contribution in [-0.2, 0) is 4.79 Å². The molecular formula is C25H24ClN3O3. The molecule has 7 heteroatoms. The van der Waals surface area contributed by atoms with Gasteiger partial charge in [0.1, 0.15) is 12.4 Å². The first kappa shape index (κ1) is 20.8. The number of rotatable bonds is 8. The van der Waals surface area contributed by atoms with E-state index in [1.807, 2.05) is 49.5 Å². The number of nitrogens with one attached hydrogen (secondary N) is 1. The van der Waals surface area contributed by atoms with E-state index in [4.69, 9.17) is 16.3 Å². The van der Waals surface area contributed by atoms with Gasteiger partial charge in [0, 0.05) is 29.4 Å². The molecule has 1 amide bonds. The lowest BCUT2D eigenvalue weighted by Gasteiger charge is -2.70. The van der Waals surface area contributed by atoms with Crippen LogP contribution in [0.4, 0.5) is 0 Å². The first-order valence-corrected chi connectivity index (χ1v) is 11.1. The van der Waals surface area contributed by atoms with Gasteiger partial charge in [-0.3, -0.25) is 9.59 Å². The maximum absolute atomic E-state index is 13.0. The van der Waals surface area contributed by atoms with Crippen LogP contribution < -0.4 is 10.1 Å². The third-order valence-electron chi connectivity index (χ3n) is 6.52. The highest BCUT2D eigenvalue weighted by atomic mass is 35.5. The summed E-state index contributed by atoms with van der Waals surface area (Å²) in [5, 5.41) is 8.13. The summed E-state index contributed by atoms with van der Waals surface area (Å²) in [6.45, 7) is 1.96. The molecule has 0 aliphatic heterocycles. The highest BCUT2D eigenvalue weighted by Gasteiger charge is 2.68. The Bertz CT molecular complexity index is 1170. The van der Waals surface area contributed by atoms with Gasteiger partial charge in [-0.1, -0.05) is 23.7 Å². The van der Waals surface area contributed by atoms with Crippen LogP contribution in [0, 0.1) is 12.3 Å². The second kappa shape index (κ2) is 7.78. The molecule has 2 bridgehead atoms. The minimum atomic E-state index is -0.192. The fraction of sp³-hybridized carbons (Fsp3) is 0.320. The van der Waals surface area contributed by atoms with Gasteiger partial charge in [-0.2, -0.15) is 5.10 Å². The number of amides is 1. The average Bonchev–Trinajstić information content (AvgIpc) is 3.27. The second-order valence-electron chi connectivity index (χ2n) is 9.15. The monoisotopic (exact) mass is 449 g/mol. The van der Waals surface area contributed by atoms with Gasteiger partial charge in [0.15, 0.2) is 5.78 Å². The van der Waals surface area contributed by atoms with Gasteiger partial charge in [0.05, 0.1) is 11.3 Å². The second-order valence-corrected chi connectivity index (χ2v) is 9.55. The molecule has 3 aromatic rings. The van der Waals surface area contributed by atoms with Crippen LogP contribution in [-0.4, -0.2) is 33.6 Å². The highest BCUT2D eigenvalue weighted by molar-refractivity contribution is 6.31. The van der Waals surface area contributed by atoms with E-state index in [1.54, 1.807) is 23.0 Å². The van der Waals surface area contributed by atoms with Crippen molar-refractivity contribution in [2.24, 2.45) is 5.41 Å². The minimum absolute atomic E-state index is 0.00510. The van der Waals surface area contributed by atoms with E-state index in [-0.39, 0.29) is 29.3 Å². The number of ketones is 1. The number of halogens is 1. The summed E-state index contributed by atoms with van der Waals surface area (Å²) in [5.74, 6) is 0.635. The zero-order valence-corrected chi connectivity index (χ0v) is 18.6. The van der Waals surface area contributed by atoms with Crippen molar-refractivity contribution in [3.63, 3.8) is 0 Å². The molecule has 0 atom stereocenters. The molecule has 1 aromatic heterocycles. The molecule has 0 spiro atoms. The zero-order chi connectivity index (χ0) is 22.3. The lowest BCUT2D eigenvalue weighted by atomic mass is 9.38. The number of benzene rings is 2. The number of hydrogen-bond acceptors (Lipinski definition) is 4. The SMILES string of the molecule is Cc1cc(OCC(=O)CC23CC(NC(=O)c4ccccc4-n4cccn4)(C2)C3)ccc1Cl. The van der Waals surface area contributed by atoms with E-state index in [1.165, 1.54) is 0 Å². The van der Waals surface area contributed by atoms with Gasteiger partial charge in [0.25, 0.3) is 5.91 Å². The van der Waals surface area contributed by atoms with E-state index >= 15 is 0 Å². The van der Waals surface area contributed by atoms with Crippen molar-refractivity contribution in [1.82, 2.24) is 15.1 Å². The smallest absolute Gasteiger partial charge is 0.253 e. The fourth-order valence-electron chi connectivity index (χ4n) is 5.24. The van der Waals surface area contributed by atoms with Gasteiger partial charge in [-0.15, -0.1) is 0 Å². The number of Topliss-reactive ketones (excluding diaryl/α,β-unsaturated/α-hetero) is 1. The van der Waals surface area contributed by atoms with Crippen LogP contribution >= 0.6 is 11.6 Å². The Morgan fingerprint density at radius 2 is 1.94 bits per heavy atom. The molecule has 3 fully saturated rings. The molecule has 1 N–H and O–H groups in total. The number of carbonyl (C=O) groups is 2. The lowest BCUT2D eigenvalue weighted by Crippen LogP contribution is -2.75. The molecule has 6 nitrogen and oxygen atoms in total. The average molecular weight is 450 g/mol. The summed E-state index contributed by atoms with van der Waals surface area (Å²) >= 11 is 6.03. The van der Waals surface area contributed by atoms with E-state index < -0.39 is 0 Å². The molecular weight excluding hydrogens is 426 g/mol. The predicted molar refractivity (Wildman–Crippen MR) is 121 cm³/mol. The molecule has 3 saturated carbocycles. The Labute approximate surface area is 191 Å². The molecule has 0 saturated heterocycles. The minimum Gasteiger partial charge on any atom is -0.486 e. The van der Waals surface area contributed by atoms with E-state index in [0.29, 0.717) is 22.8 Å². The van der Waals surface area contributed by atoms with Crippen LogP contribution in [0.5, 0.6) is 5.75 Å². The third-order valence-corrected chi connectivity index (χ3v) is 6.94. The molecule has 6 rings (SSSR count). The van der Waals surface area contributed by atoms with Crippen molar-refractivity contribution < 1.29 is 14.3 Å². The van der Waals surface area contributed by atoms with Crippen LogP contribution in [0.15, 0.2) is 60.9 Å². The summed E-state index contributed by atoms with van der Waals surface area (Å²) in [7, 11) is 0. The number of hydrogen-bond donors (Lipinski definition) is 1. The first-order valence-electron chi connectivity index (χ1n) is 10.7. The molecule has 1 heterocycles. The molecule has 3 aliphatic rings. The Morgan fingerprint density at radius 3 is 2.66 bits per heavy atom. The number of aromatic nitrogens is 2. The van der Waals surface area contributed by atoms with Crippen LogP contribution in [0.1, 0.15) is 41.6 Å². The molecule has 32 heavy (non-hydrogen) atoms. The Balaban J connectivity index is 1.14. The summed E-state index contributed by atoms with van der Waals surface area (Å²) in [4.78, 5) is 25.5. The normalized spacial score (nSPS) is 23.1. The number of aryl methyl sites for hydroxylation is 1. The molecule has 0 radical (unpaired) electrons. The molecule has 164 valence electrons. The molecule has 3 aliphatic carbocycles. The van der Waals surface area contributed by atoms with Crippen molar-refractivity contribution in [3.05, 3.63) is 77.1 Å². The summed E-state index contributed by atoms with van der Waals surface area (Å²) < 4.78 is 7.34. The fourth-order valence-corrected chi connectivity index (χ4v) is 5.36. The maximum atomic E-state index is 13.0. The Morgan fingerprint density at radius 1 is 1.16 bits per heavy atom. The van der Waals surface area contributed by atoms with E-state index in [2.05, 4.69) is 10.4 Å². The van der Waals surface area contributed by atoms with Crippen molar-refractivity contribution in [2.75, 3.05) is 6.61 Å². The Hall–Kier alpha value is -3.12. The van der Waals surface area contributed by atoms with E-state index in [0.717, 1.165) is 30.5 Å². The van der Waals surface area contributed by atoms with Gasteiger partial charge >= 0.3 is 0 Å². The number of ether oxygens (including phenoxy) is 1. The van der Waals surface area contributed by atoms with Crippen LogP contribution in [0.2, 0.25) is 5.02 Å². The highest BCUT2D eigenvalue weighted by Crippen LogP contribution is 2.69. The summed E-state index contributed by atoms with van der Waals surface area (Å²) in [6, 6.07) is 14.6. The summed E-state index contributed by atoms with van der Waals surface area (Å²) in [5.41, 5.74) is 2.08. The lowest BCUT2D eigenvalue weighted by molar-refractivity contribution is -0.162. The standard InChI is InChI=1S/C25H24ClN3O3/c1-17-11-19(7-8-21(17)26)32-13-18(30)12-24-14-25(15-24,16-24)28-23(31)20-5-2-3-6-22(20)29-10-4-9-27-29/h2-11H,12-16H2,1H3,(H,28,31). The van der Waals surface area contributed by atoms with Gasteiger partial charge in [-0.05, 0) is 73.6 Å². The van der Waals surface area contributed by atoms with Crippen molar-refractivity contribution in [3.8, 4) is 11.4 Å². The zero-order valence-electron chi connectivity index (χ0n) is 17.8. The largest absolute Gasteiger partial charge is 0.486 e. The maximum Gasteiger partial charge on any atom is 0.253 e. The third kappa shape index (κ3) is 3.79. The van der Waals surface area contributed by atoms with Crippen LogP contribution in [0.25, 0.3) is 5.69 Å². The van der Waals surface area contributed by atoms with Gasteiger partial charge in [-0.25, -0.2) is 4.68 Å². The van der Waals surface area contributed by atoms with Gasteiger partial charge in [0.2, 0.25) is 0 Å². The number of para-hydroxylation sites is 1.